The Morgan fingerprint density at radius 3 is 2.07 bits per heavy atom. The summed E-state index contributed by atoms with van der Waals surface area (Å²) in [5, 5.41) is 2.93. The molecular formula is C22H24N2O3. The third kappa shape index (κ3) is 2.20. The summed E-state index contributed by atoms with van der Waals surface area (Å²) in [4.78, 5) is 40.4. The summed E-state index contributed by atoms with van der Waals surface area (Å²) in [5.74, 6) is 0.364. The minimum Gasteiger partial charge on any atom is -0.324 e. The molecule has 2 saturated carbocycles. The average Bonchev–Trinajstić information content (AvgIpc) is 3.42. The first kappa shape index (κ1) is 16.7. The number of hydrogen-bond donors (Lipinski definition) is 1. The molecule has 1 aliphatic heterocycles. The van der Waals surface area contributed by atoms with E-state index in [0.29, 0.717) is 11.8 Å². The highest BCUT2D eigenvalue weighted by atomic mass is 16.2. The molecule has 1 heterocycles. The Morgan fingerprint density at radius 1 is 1.04 bits per heavy atom. The smallest absolute Gasteiger partial charge is 0.247 e. The van der Waals surface area contributed by atoms with Crippen molar-refractivity contribution in [3.8, 4) is 0 Å². The molecule has 3 fully saturated rings. The molecule has 7 atom stereocenters. The SMILES string of the molecule is Cc1cccc(C)c1NC(=O)[C@H](C)N1C(=O)[C@@H]2[C@H]3C=C[C@@H]([C@@H]4C[C@@H]34)[C@@H]2C1=O. The topological polar surface area (TPSA) is 66.5 Å². The Kier molecular flexibility index (Phi) is 3.43. The monoisotopic (exact) mass is 364 g/mol. The van der Waals surface area contributed by atoms with Gasteiger partial charge in [-0.2, -0.15) is 0 Å². The molecular weight excluding hydrogens is 340 g/mol. The lowest BCUT2D eigenvalue weighted by Gasteiger charge is -2.37. The Bertz CT molecular complexity index is 849. The van der Waals surface area contributed by atoms with Gasteiger partial charge in [0.1, 0.15) is 6.04 Å². The molecule has 6 rings (SSSR count). The molecule has 0 unspecified atom stereocenters. The average molecular weight is 364 g/mol. The highest BCUT2D eigenvalue weighted by molar-refractivity contribution is 6.10. The van der Waals surface area contributed by atoms with Crippen molar-refractivity contribution in [2.24, 2.45) is 35.5 Å². The summed E-state index contributed by atoms with van der Waals surface area (Å²) < 4.78 is 0. The van der Waals surface area contributed by atoms with Crippen LogP contribution in [0.15, 0.2) is 30.4 Å². The number of hydrogen-bond acceptors (Lipinski definition) is 3. The molecule has 0 aromatic heterocycles. The van der Waals surface area contributed by atoms with Gasteiger partial charge in [-0.15, -0.1) is 0 Å². The van der Waals surface area contributed by atoms with E-state index in [2.05, 4.69) is 17.5 Å². The summed E-state index contributed by atoms with van der Waals surface area (Å²) >= 11 is 0. The fourth-order valence-electron chi connectivity index (χ4n) is 5.72. The van der Waals surface area contributed by atoms with Crippen molar-refractivity contribution >= 4 is 23.4 Å². The van der Waals surface area contributed by atoms with E-state index in [1.54, 1.807) is 6.92 Å². The van der Waals surface area contributed by atoms with Gasteiger partial charge in [0.05, 0.1) is 11.8 Å². The van der Waals surface area contributed by atoms with Gasteiger partial charge in [0.2, 0.25) is 17.7 Å². The van der Waals surface area contributed by atoms with E-state index in [9.17, 15) is 14.4 Å². The maximum atomic E-state index is 13.1. The zero-order valence-corrected chi connectivity index (χ0v) is 15.8. The number of rotatable bonds is 3. The molecule has 2 bridgehead atoms. The van der Waals surface area contributed by atoms with Gasteiger partial charge in [0, 0.05) is 5.69 Å². The Morgan fingerprint density at radius 2 is 1.56 bits per heavy atom. The number of aryl methyl sites for hydroxylation is 2. The van der Waals surface area contributed by atoms with Crippen LogP contribution in [0.3, 0.4) is 0 Å². The zero-order chi connectivity index (χ0) is 19.0. The van der Waals surface area contributed by atoms with Crippen LogP contribution in [0.4, 0.5) is 5.69 Å². The van der Waals surface area contributed by atoms with E-state index in [0.717, 1.165) is 23.2 Å². The summed E-state index contributed by atoms with van der Waals surface area (Å²) in [6.07, 6.45) is 5.44. The van der Waals surface area contributed by atoms with Gasteiger partial charge in [-0.25, -0.2) is 0 Å². The van der Waals surface area contributed by atoms with Crippen LogP contribution in [0.1, 0.15) is 24.5 Å². The first-order valence-corrected chi connectivity index (χ1v) is 9.82. The van der Waals surface area contributed by atoms with Crippen LogP contribution < -0.4 is 5.32 Å². The number of nitrogens with zero attached hydrogens (tertiary/aromatic N) is 1. The third-order valence-corrected chi connectivity index (χ3v) is 7.19. The molecule has 1 aromatic carbocycles. The predicted molar refractivity (Wildman–Crippen MR) is 101 cm³/mol. The van der Waals surface area contributed by atoms with E-state index in [1.807, 2.05) is 32.0 Å². The van der Waals surface area contributed by atoms with Crippen molar-refractivity contribution in [3.63, 3.8) is 0 Å². The highest BCUT2D eigenvalue weighted by Gasteiger charge is 2.67. The lowest BCUT2D eigenvalue weighted by Crippen LogP contribution is -2.46. The summed E-state index contributed by atoms with van der Waals surface area (Å²) in [6, 6.07) is 5.01. The van der Waals surface area contributed by atoms with Crippen LogP contribution in [0.5, 0.6) is 0 Å². The largest absolute Gasteiger partial charge is 0.324 e. The Balaban J connectivity index is 1.40. The first-order chi connectivity index (χ1) is 12.9. The molecule has 1 N–H and O–H groups in total. The Labute approximate surface area is 158 Å². The lowest BCUT2D eigenvalue weighted by atomic mass is 9.63. The molecule has 5 heteroatoms. The number of likely N-dealkylation sites (tertiary alicyclic amines) is 1. The molecule has 5 nitrogen and oxygen atoms in total. The van der Waals surface area contributed by atoms with Crippen LogP contribution in [-0.2, 0) is 14.4 Å². The number of benzene rings is 1. The number of anilines is 1. The lowest BCUT2D eigenvalue weighted by molar-refractivity contribution is -0.146. The van der Waals surface area contributed by atoms with Crippen molar-refractivity contribution in [2.75, 3.05) is 5.32 Å². The van der Waals surface area contributed by atoms with Crippen LogP contribution in [0, 0.1) is 49.4 Å². The van der Waals surface area contributed by atoms with E-state index in [1.165, 1.54) is 4.90 Å². The third-order valence-electron chi connectivity index (χ3n) is 7.19. The predicted octanol–water partition coefficient (Wildman–Crippen LogP) is 2.68. The minimum atomic E-state index is -0.801. The van der Waals surface area contributed by atoms with E-state index in [-0.39, 0.29) is 41.4 Å². The fraction of sp³-hybridized carbons (Fsp3) is 0.500. The van der Waals surface area contributed by atoms with Gasteiger partial charge < -0.3 is 5.32 Å². The number of para-hydroxylation sites is 1. The second kappa shape index (κ2) is 5.54. The second-order valence-electron chi connectivity index (χ2n) is 8.63. The Hall–Kier alpha value is -2.43. The summed E-state index contributed by atoms with van der Waals surface area (Å²) in [6.45, 7) is 5.53. The van der Waals surface area contributed by atoms with Gasteiger partial charge in [-0.05, 0) is 62.0 Å². The van der Waals surface area contributed by atoms with Gasteiger partial charge >= 0.3 is 0 Å². The quantitative estimate of drug-likeness (QED) is 0.662. The maximum absolute atomic E-state index is 13.1. The molecule has 3 amide bonds. The van der Waals surface area contributed by atoms with Crippen LogP contribution in [0.2, 0.25) is 0 Å². The van der Waals surface area contributed by atoms with E-state index >= 15 is 0 Å². The number of allylic oxidation sites excluding steroid dienone is 2. The molecule has 1 saturated heterocycles. The number of imide groups is 1. The van der Waals surface area contributed by atoms with E-state index < -0.39 is 6.04 Å². The van der Waals surface area contributed by atoms with Crippen molar-refractivity contribution in [2.45, 2.75) is 33.2 Å². The zero-order valence-electron chi connectivity index (χ0n) is 15.8. The standard InChI is InChI=1S/C22H24N2O3/c1-10-5-4-6-11(2)19(10)23-20(25)12(3)24-21(26)17-13-7-8-14(16-9-15(13)16)18(17)22(24)27/h4-8,12-18H,9H2,1-3H3,(H,23,25)/t12-,13-,14-,15-,16-,17-,18+/m0/s1. The molecule has 0 radical (unpaired) electrons. The minimum absolute atomic E-state index is 0.154. The first-order valence-electron chi connectivity index (χ1n) is 9.82. The normalized spacial score (nSPS) is 36.5. The summed E-state index contributed by atoms with van der Waals surface area (Å²) in [7, 11) is 0. The molecule has 5 aliphatic rings. The number of amides is 3. The van der Waals surface area contributed by atoms with Crippen LogP contribution in [0.25, 0.3) is 0 Å². The highest BCUT2D eigenvalue weighted by Crippen LogP contribution is 2.65. The van der Waals surface area contributed by atoms with Crippen molar-refractivity contribution in [3.05, 3.63) is 41.5 Å². The van der Waals surface area contributed by atoms with Crippen molar-refractivity contribution in [1.82, 2.24) is 4.90 Å². The molecule has 4 aliphatic carbocycles. The molecule has 1 aromatic rings. The maximum Gasteiger partial charge on any atom is 0.247 e. The van der Waals surface area contributed by atoms with Gasteiger partial charge in [0.25, 0.3) is 0 Å². The van der Waals surface area contributed by atoms with E-state index in [4.69, 9.17) is 0 Å². The van der Waals surface area contributed by atoms with Gasteiger partial charge in [-0.3, -0.25) is 19.3 Å². The second-order valence-corrected chi connectivity index (χ2v) is 8.63. The van der Waals surface area contributed by atoms with Crippen molar-refractivity contribution in [1.29, 1.82) is 0 Å². The van der Waals surface area contributed by atoms with Crippen molar-refractivity contribution < 1.29 is 14.4 Å². The van der Waals surface area contributed by atoms with Crippen LogP contribution >= 0.6 is 0 Å². The number of carbonyl (C=O) groups excluding carboxylic acids is 3. The van der Waals surface area contributed by atoms with Gasteiger partial charge in [-0.1, -0.05) is 30.4 Å². The molecule has 140 valence electrons. The number of nitrogens with one attached hydrogen (secondary N) is 1. The fourth-order valence-corrected chi connectivity index (χ4v) is 5.72. The summed E-state index contributed by atoms with van der Waals surface area (Å²) in [5.41, 5.74) is 2.69. The molecule has 27 heavy (non-hydrogen) atoms. The molecule has 0 spiro atoms. The van der Waals surface area contributed by atoms with Gasteiger partial charge in [0.15, 0.2) is 0 Å². The van der Waals surface area contributed by atoms with Crippen LogP contribution in [-0.4, -0.2) is 28.7 Å². The number of carbonyl (C=O) groups is 3.